The molecule has 1 aliphatic carbocycles. The third-order valence-corrected chi connectivity index (χ3v) is 8.95. The minimum atomic E-state index is -1.57. The summed E-state index contributed by atoms with van der Waals surface area (Å²) in [5.41, 5.74) is 30.2. The Hall–Kier alpha value is -0.980. The van der Waals surface area contributed by atoms with Crippen LogP contribution in [0.3, 0.4) is 0 Å². The minimum absolute atomic E-state index is 0.155. The standard InChI is InChI=1S/C27H51N5O13/c28-6-12-3-4-13(30)25(40-12)43-22-14(31)5-10(1-2-11(35)8-33)18(36)24(22)45-27-21(39)23(16(9-34)42-27)44-26-17(32)20(38)19(37)15(7-29)41-26/h3-4,10-27,33-39H,1-2,5-9,28-32H2/t10-,11?,12+,13-,14+,15+,16-,17-,18+,19-,20-,21-,22-,23-,24-,25-,26-,27+/m1/s1. The van der Waals surface area contributed by atoms with Gasteiger partial charge in [0.1, 0.15) is 48.8 Å². The van der Waals surface area contributed by atoms with Crippen molar-refractivity contribution in [3.05, 3.63) is 12.2 Å². The van der Waals surface area contributed by atoms with E-state index in [2.05, 4.69) is 0 Å². The first kappa shape index (κ1) is 36.8. The summed E-state index contributed by atoms with van der Waals surface area (Å²) in [5.74, 6) is -0.502. The van der Waals surface area contributed by atoms with Crippen molar-refractivity contribution in [2.45, 2.75) is 123 Å². The lowest BCUT2D eigenvalue weighted by Gasteiger charge is -2.46. The van der Waals surface area contributed by atoms with E-state index in [1.165, 1.54) is 0 Å². The molecule has 3 heterocycles. The Kier molecular flexibility index (Phi) is 13.4. The van der Waals surface area contributed by atoms with Crippen LogP contribution in [0.4, 0.5) is 0 Å². The van der Waals surface area contributed by atoms with Crippen molar-refractivity contribution in [1.29, 1.82) is 0 Å². The third-order valence-electron chi connectivity index (χ3n) is 8.95. The highest BCUT2D eigenvalue weighted by Crippen LogP contribution is 2.37. The second-order valence-corrected chi connectivity index (χ2v) is 12.2. The predicted octanol–water partition coefficient (Wildman–Crippen LogP) is -6.64. The number of aliphatic hydroxyl groups excluding tert-OH is 7. The zero-order valence-corrected chi connectivity index (χ0v) is 25.0. The van der Waals surface area contributed by atoms with Crippen molar-refractivity contribution in [1.82, 2.24) is 0 Å². The molecular formula is C27H51N5O13. The number of nitrogens with two attached hydrogens (primary N) is 5. The first-order chi connectivity index (χ1) is 21.4. The molecule has 18 atom stereocenters. The summed E-state index contributed by atoms with van der Waals surface area (Å²) in [7, 11) is 0. The molecule has 3 aliphatic heterocycles. The second-order valence-electron chi connectivity index (χ2n) is 12.2. The zero-order chi connectivity index (χ0) is 33.0. The van der Waals surface area contributed by atoms with Gasteiger partial charge in [0.05, 0.1) is 43.6 Å². The van der Waals surface area contributed by atoms with Gasteiger partial charge < -0.3 is 92.8 Å². The maximum Gasteiger partial charge on any atom is 0.187 e. The van der Waals surface area contributed by atoms with Gasteiger partial charge in [-0.1, -0.05) is 12.2 Å². The molecule has 3 fully saturated rings. The monoisotopic (exact) mass is 653 g/mol. The molecular weight excluding hydrogens is 602 g/mol. The highest BCUT2D eigenvalue weighted by Gasteiger charge is 2.53. The van der Waals surface area contributed by atoms with Crippen molar-refractivity contribution in [3.8, 4) is 0 Å². The molecule has 0 radical (unpaired) electrons. The van der Waals surface area contributed by atoms with Crippen molar-refractivity contribution >= 4 is 0 Å². The van der Waals surface area contributed by atoms with Crippen LogP contribution in [-0.4, -0.2) is 166 Å². The topological polar surface area (TPSA) is 327 Å². The Morgan fingerprint density at radius 2 is 1.40 bits per heavy atom. The fraction of sp³-hybridized carbons (Fsp3) is 0.926. The van der Waals surface area contributed by atoms with E-state index in [0.29, 0.717) is 0 Å². The molecule has 18 heteroatoms. The lowest BCUT2D eigenvalue weighted by molar-refractivity contribution is -0.286. The summed E-state index contributed by atoms with van der Waals surface area (Å²) in [6, 6.07) is -2.65. The Morgan fingerprint density at radius 3 is 2.04 bits per heavy atom. The third kappa shape index (κ3) is 8.37. The van der Waals surface area contributed by atoms with Crippen molar-refractivity contribution < 1.29 is 64.2 Å². The van der Waals surface area contributed by atoms with Gasteiger partial charge in [0, 0.05) is 19.1 Å². The molecule has 0 aromatic heterocycles. The van der Waals surface area contributed by atoms with E-state index >= 15 is 0 Å². The summed E-state index contributed by atoms with van der Waals surface area (Å²) >= 11 is 0. The largest absolute Gasteiger partial charge is 0.394 e. The Bertz CT molecular complexity index is 942. The Morgan fingerprint density at radius 1 is 0.733 bits per heavy atom. The van der Waals surface area contributed by atoms with Crippen molar-refractivity contribution in [2.24, 2.45) is 34.6 Å². The van der Waals surface area contributed by atoms with Gasteiger partial charge in [-0.15, -0.1) is 0 Å². The summed E-state index contributed by atoms with van der Waals surface area (Å²) in [4.78, 5) is 0. The fourth-order valence-corrected chi connectivity index (χ4v) is 6.23. The molecule has 0 aromatic rings. The van der Waals surface area contributed by atoms with E-state index in [0.717, 1.165) is 0 Å². The average Bonchev–Trinajstić information content (AvgIpc) is 3.33. The van der Waals surface area contributed by atoms with Crippen LogP contribution in [0.5, 0.6) is 0 Å². The maximum atomic E-state index is 11.5. The molecule has 17 N–H and O–H groups in total. The lowest BCUT2D eigenvalue weighted by Crippen LogP contribution is -2.64. The molecule has 18 nitrogen and oxygen atoms in total. The zero-order valence-electron chi connectivity index (χ0n) is 25.0. The van der Waals surface area contributed by atoms with Crippen molar-refractivity contribution in [2.75, 3.05) is 26.3 Å². The predicted molar refractivity (Wildman–Crippen MR) is 153 cm³/mol. The van der Waals surface area contributed by atoms with E-state index in [-0.39, 0.29) is 32.4 Å². The minimum Gasteiger partial charge on any atom is -0.394 e. The van der Waals surface area contributed by atoms with Crippen LogP contribution in [0.15, 0.2) is 12.2 Å². The number of rotatable bonds is 13. The van der Waals surface area contributed by atoms with Gasteiger partial charge in [-0.25, -0.2) is 0 Å². The van der Waals surface area contributed by atoms with Gasteiger partial charge in [0.25, 0.3) is 0 Å². The molecule has 262 valence electrons. The van der Waals surface area contributed by atoms with Gasteiger partial charge in [0.2, 0.25) is 0 Å². The molecule has 2 saturated heterocycles. The quantitative estimate of drug-likeness (QED) is 0.0822. The van der Waals surface area contributed by atoms with E-state index in [1.54, 1.807) is 12.2 Å². The molecule has 4 rings (SSSR count). The number of hydrogen-bond acceptors (Lipinski definition) is 18. The average molecular weight is 654 g/mol. The smallest absolute Gasteiger partial charge is 0.187 e. The molecule has 0 aromatic carbocycles. The first-order valence-electron chi connectivity index (χ1n) is 15.3. The van der Waals surface area contributed by atoms with E-state index in [9.17, 15) is 35.7 Å². The summed E-state index contributed by atoms with van der Waals surface area (Å²) in [5, 5.41) is 72.5. The van der Waals surface area contributed by atoms with Gasteiger partial charge >= 0.3 is 0 Å². The lowest BCUT2D eigenvalue weighted by atomic mass is 9.77. The normalized spacial score (nSPS) is 48.0. The summed E-state index contributed by atoms with van der Waals surface area (Å²) < 4.78 is 35.5. The molecule has 45 heavy (non-hydrogen) atoms. The molecule has 0 amide bonds. The van der Waals surface area contributed by atoms with Crippen LogP contribution >= 0.6 is 0 Å². The molecule has 4 aliphatic rings. The number of hydrogen-bond donors (Lipinski definition) is 12. The molecule has 0 bridgehead atoms. The maximum absolute atomic E-state index is 11.5. The van der Waals surface area contributed by atoms with E-state index < -0.39 is 123 Å². The molecule has 1 saturated carbocycles. The van der Waals surface area contributed by atoms with Crippen LogP contribution in [-0.2, 0) is 28.4 Å². The number of aliphatic hydroxyl groups is 7. The van der Waals surface area contributed by atoms with Crippen LogP contribution in [0.25, 0.3) is 0 Å². The second kappa shape index (κ2) is 16.4. The Balaban J connectivity index is 1.53. The van der Waals surface area contributed by atoms with Gasteiger partial charge in [-0.05, 0) is 25.2 Å². The summed E-state index contributed by atoms with van der Waals surface area (Å²) in [6.45, 7) is -1.06. The number of ether oxygens (including phenoxy) is 6. The first-order valence-corrected chi connectivity index (χ1v) is 15.3. The van der Waals surface area contributed by atoms with Crippen LogP contribution in [0, 0.1) is 5.92 Å². The van der Waals surface area contributed by atoms with E-state index in [4.69, 9.17) is 57.1 Å². The molecule has 1 unspecified atom stereocenters. The summed E-state index contributed by atoms with van der Waals surface area (Å²) in [6.07, 6.45) is -12.5. The van der Waals surface area contributed by atoms with Crippen molar-refractivity contribution in [3.63, 3.8) is 0 Å². The molecule has 0 spiro atoms. The Labute approximate surface area is 260 Å². The van der Waals surface area contributed by atoms with Gasteiger partial charge in [0.15, 0.2) is 18.9 Å². The van der Waals surface area contributed by atoms with Crippen LogP contribution in [0.1, 0.15) is 19.3 Å². The van der Waals surface area contributed by atoms with Crippen LogP contribution < -0.4 is 28.7 Å². The van der Waals surface area contributed by atoms with Crippen LogP contribution in [0.2, 0.25) is 0 Å². The highest BCUT2D eigenvalue weighted by molar-refractivity contribution is 5.05. The van der Waals surface area contributed by atoms with Gasteiger partial charge in [-0.2, -0.15) is 0 Å². The fourth-order valence-electron chi connectivity index (χ4n) is 6.23. The SMILES string of the molecule is NC[C@@H]1O[C@H](O[C@H]2[C@@H](O)[C@H](O[C@@H]3[C@@H](O)[C@H](CCC(O)CO)C[C@H](N)[C@H]3O[C@H]3O[C@H](CN)C=C[C@H]3N)O[C@@H]2CO)[C@H](N)[C@@H](O)[C@@H]1O. The highest BCUT2D eigenvalue weighted by atomic mass is 16.8. The van der Waals surface area contributed by atoms with E-state index in [1.807, 2.05) is 0 Å². The van der Waals surface area contributed by atoms with Gasteiger partial charge in [-0.3, -0.25) is 0 Å².